The number of aliphatic hydroxyl groups is 1. The van der Waals surface area contributed by atoms with Crippen molar-refractivity contribution in [3.63, 3.8) is 0 Å². The zero-order valence-electron chi connectivity index (χ0n) is 13.9. The van der Waals surface area contributed by atoms with Crippen LogP contribution in [0.15, 0.2) is 48.2 Å². The minimum Gasteiger partial charge on any atom is -0.507 e. The number of nitrogens with zero attached hydrogens (tertiary/aromatic N) is 2. The summed E-state index contributed by atoms with van der Waals surface area (Å²) in [4.78, 5) is 19.4. The van der Waals surface area contributed by atoms with E-state index in [1.165, 1.54) is 12.1 Å². The number of para-hydroxylation sites is 2. The summed E-state index contributed by atoms with van der Waals surface area (Å²) in [6, 6.07) is 13.7. The van der Waals surface area contributed by atoms with Crippen molar-refractivity contribution >= 4 is 22.6 Å². The highest BCUT2D eigenvalue weighted by Crippen LogP contribution is 2.32. The maximum atomic E-state index is 12.2. The summed E-state index contributed by atoms with van der Waals surface area (Å²) in [6.45, 7) is -0.367. The van der Waals surface area contributed by atoms with Crippen LogP contribution in [-0.4, -0.2) is 34.4 Å². The van der Waals surface area contributed by atoms with E-state index in [1.807, 2.05) is 18.2 Å². The average Bonchev–Trinajstić information content (AvgIpc) is 3.32. The first-order valence-corrected chi connectivity index (χ1v) is 8.00. The van der Waals surface area contributed by atoms with E-state index in [0.29, 0.717) is 17.0 Å². The van der Waals surface area contributed by atoms with Crippen LogP contribution in [0.3, 0.4) is 0 Å². The normalized spacial score (nSPS) is 13.1. The van der Waals surface area contributed by atoms with Gasteiger partial charge >= 0.3 is 5.97 Å². The molecule has 0 radical (unpaired) electrons. The number of imidazole rings is 1. The Morgan fingerprint density at radius 1 is 1.26 bits per heavy atom. The second-order valence-corrected chi connectivity index (χ2v) is 5.68. The molecule has 1 aliphatic rings. The van der Waals surface area contributed by atoms with Gasteiger partial charge < -0.3 is 24.3 Å². The zero-order chi connectivity index (χ0) is 18.8. The fourth-order valence-electron chi connectivity index (χ4n) is 2.64. The predicted molar refractivity (Wildman–Crippen MR) is 94.1 cm³/mol. The minimum atomic E-state index is -0.665. The third kappa shape index (κ3) is 3.14. The highest BCUT2D eigenvalue weighted by Gasteiger charge is 2.19. The molecule has 0 unspecified atom stereocenters. The van der Waals surface area contributed by atoms with Gasteiger partial charge in [0, 0.05) is 0 Å². The fraction of sp³-hybridized carbons (Fsp3) is 0.105. The van der Waals surface area contributed by atoms with Crippen LogP contribution < -0.4 is 9.47 Å². The Morgan fingerprint density at radius 3 is 2.89 bits per heavy atom. The van der Waals surface area contributed by atoms with E-state index in [9.17, 15) is 15.2 Å². The zero-order valence-corrected chi connectivity index (χ0v) is 13.9. The summed E-state index contributed by atoms with van der Waals surface area (Å²) in [5.74, 6) is 0.137. The summed E-state index contributed by atoms with van der Waals surface area (Å²) >= 11 is 0. The maximum Gasteiger partial charge on any atom is 0.338 e. The summed E-state index contributed by atoms with van der Waals surface area (Å²) in [7, 11) is 0. The number of nitriles is 1. The van der Waals surface area contributed by atoms with Crippen molar-refractivity contribution in [2.45, 2.75) is 0 Å². The number of carbonyl (C=O) groups excluding carboxylic acids is 1. The molecule has 0 aliphatic carbocycles. The SMILES string of the molecule is N#CC(=C(O)COC(=O)c1ccc2c(c1)OCO2)c1nc2ccccc2[nH]1. The monoisotopic (exact) mass is 363 g/mol. The number of aromatic nitrogens is 2. The van der Waals surface area contributed by atoms with Gasteiger partial charge in [0.05, 0.1) is 16.6 Å². The molecule has 2 aromatic carbocycles. The van der Waals surface area contributed by atoms with Crippen LogP contribution in [-0.2, 0) is 4.74 Å². The lowest BCUT2D eigenvalue weighted by atomic mass is 10.2. The largest absolute Gasteiger partial charge is 0.507 e. The molecule has 2 N–H and O–H groups in total. The third-order valence-corrected chi connectivity index (χ3v) is 3.97. The summed E-state index contributed by atoms with van der Waals surface area (Å²) in [6.07, 6.45) is 0. The lowest BCUT2D eigenvalue weighted by Gasteiger charge is -2.06. The van der Waals surface area contributed by atoms with Crippen LogP contribution in [0.1, 0.15) is 16.2 Å². The molecule has 0 bridgehead atoms. The first-order valence-electron chi connectivity index (χ1n) is 8.00. The van der Waals surface area contributed by atoms with Crippen molar-refractivity contribution in [3.05, 3.63) is 59.6 Å². The van der Waals surface area contributed by atoms with Crippen LogP contribution in [0.4, 0.5) is 0 Å². The summed E-state index contributed by atoms with van der Waals surface area (Å²) in [5.41, 5.74) is 1.54. The van der Waals surface area contributed by atoms with Crippen molar-refractivity contribution in [2.24, 2.45) is 0 Å². The van der Waals surface area contributed by atoms with Gasteiger partial charge in [-0.3, -0.25) is 0 Å². The number of aliphatic hydroxyl groups excluding tert-OH is 1. The number of rotatable bonds is 4. The maximum absolute atomic E-state index is 12.2. The van der Waals surface area contributed by atoms with Crippen molar-refractivity contribution < 1.29 is 24.1 Å². The lowest BCUT2D eigenvalue weighted by Crippen LogP contribution is -2.09. The molecule has 1 aromatic heterocycles. The number of allylic oxidation sites excluding steroid dienone is 1. The number of carbonyl (C=O) groups is 1. The van der Waals surface area contributed by atoms with Gasteiger partial charge in [-0.2, -0.15) is 5.26 Å². The Hall–Kier alpha value is -3.99. The average molecular weight is 363 g/mol. The highest BCUT2D eigenvalue weighted by atomic mass is 16.7. The van der Waals surface area contributed by atoms with Crippen molar-refractivity contribution in [1.82, 2.24) is 9.97 Å². The Morgan fingerprint density at radius 2 is 2.07 bits per heavy atom. The van der Waals surface area contributed by atoms with Gasteiger partial charge in [-0.05, 0) is 30.3 Å². The Labute approximate surface area is 153 Å². The molecule has 2 heterocycles. The molecule has 0 amide bonds. The molecule has 8 nitrogen and oxygen atoms in total. The lowest BCUT2D eigenvalue weighted by molar-refractivity contribution is 0.0502. The predicted octanol–water partition coefficient (Wildman–Crippen LogP) is 2.94. The molecule has 8 heteroatoms. The number of fused-ring (bicyclic) bond motifs is 2. The van der Waals surface area contributed by atoms with Gasteiger partial charge in [-0.1, -0.05) is 12.1 Å². The minimum absolute atomic E-state index is 0.0929. The van der Waals surface area contributed by atoms with Gasteiger partial charge in [0.15, 0.2) is 23.1 Å². The van der Waals surface area contributed by atoms with Gasteiger partial charge in [0.25, 0.3) is 0 Å². The second-order valence-electron chi connectivity index (χ2n) is 5.68. The molecular weight excluding hydrogens is 350 g/mol. The van der Waals surface area contributed by atoms with E-state index in [-0.39, 0.29) is 23.8 Å². The molecule has 4 rings (SSSR count). The van der Waals surface area contributed by atoms with Crippen molar-refractivity contribution in [1.29, 1.82) is 5.26 Å². The summed E-state index contributed by atoms with van der Waals surface area (Å²) in [5, 5.41) is 19.6. The van der Waals surface area contributed by atoms with Gasteiger partial charge in [-0.25, -0.2) is 9.78 Å². The van der Waals surface area contributed by atoms with Crippen LogP contribution in [0.2, 0.25) is 0 Å². The summed E-state index contributed by atoms with van der Waals surface area (Å²) < 4.78 is 15.5. The fourth-order valence-corrected chi connectivity index (χ4v) is 2.64. The van der Waals surface area contributed by atoms with E-state index in [1.54, 1.807) is 18.2 Å². The number of H-pyrrole nitrogens is 1. The standard InChI is InChI=1S/C19H13N3O5/c20-8-12(18-21-13-3-1-2-4-14(13)22-18)15(23)9-25-19(24)11-5-6-16-17(7-11)27-10-26-16/h1-7,23H,9-10H2,(H,21,22). The van der Waals surface area contributed by atoms with Crippen LogP contribution >= 0.6 is 0 Å². The third-order valence-electron chi connectivity index (χ3n) is 3.97. The van der Waals surface area contributed by atoms with Gasteiger partial charge in [-0.15, -0.1) is 0 Å². The van der Waals surface area contributed by atoms with Crippen LogP contribution in [0, 0.1) is 11.3 Å². The molecular formula is C19H13N3O5. The van der Waals surface area contributed by atoms with Crippen molar-refractivity contribution in [2.75, 3.05) is 13.4 Å². The highest BCUT2D eigenvalue weighted by molar-refractivity contribution is 5.90. The topological polar surface area (TPSA) is 117 Å². The number of hydrogen-bond donors (Lipinski definition) is 2. The molecule has 0 atom stereocenters. The van der Waals surface area contributed by atoms with Crippen LogP contribution in [0.5, 0.6) is 11.5 Å². The second kappa shape index (κ2) is 6.72. The number of nitrogens with one attached hydrogen (secondary N) is 1. The van der Waals surface area contributed by atoms with E-state index in [4.69, 9.17) is 14.2 Å². The van der Waals surface area contributed by atoms with E-state index in [2.05, 4.69) is 9.97 Å². The quantitative estimate of drug-likeness (QED) is 0.416. The number of hydrogen-bond acceptors (Lipinski definition) is 7. The van der Waals surface area contributed by atoms with E-state index in [0.717, 1.165) is 5.52 Å². The molecule has 0 spiro atoms. The molecule has 134 valence electrons. The number of esters is 1. The van der Waals surface area contributed by atoms with E-state index < -0.39 is 18.3 Å². The first-order chi connectivity index (χ1) is 13.2. The number of ether oxygens (including phenoxy) is 3. The Kier molecular flexibility index (Phi) is 4.10. The van der Waals surface area contributed by atoms with E-state index >= 15 is 0 Å². The van der Waals surface area contributed by atoms with Crippen molar-refractivity contribution in [3.8, 4) is 17.6 Å². The number of benzene rings is 2. The van der Waals surface area contributed by atoms with Crippen LogP contribution in [0.25, 0.3) is 16.6 Å². The molecule has 3 aromatic rings. The Bertz CT molecular complexity index is 1080. The molecule has 0 saturated heterocycles. The molecule has 27 heavy (non-hydrogen) atoms. The van der Waals surface area contributed by atoms with Gasteiger partial charge in [0.1, 0.15) is 18.2 Å². The number of aromatic amines is 1. The molecule has 0 saturated carbocycles. The first kappa shape index (κ1) is 16.5. The van der Waals surface area contributed by atoms with Gasteiger partial charge in [0.2, 0.25) is 6.79 Å². The smallest absolute Gasteiger partial charge is 0.338 e. The molecule has 0 fully saturated rings. The molecule has 1 aliphatic heterocycles. The Balaban J connectivity index is 1.52.